The molecular formula is C22H14ClFN2O2. The van der Waals surface area contributed by atoms with Crippen molar-refractivity contribution >= 4 is 39.7 Å². The van der Waals surface area contributed by atoms with Gasteiger partial charge in [0, 0.05) is 17.4 Å². The zero-order valence-electron chi connectivity index (χ0n) is 14.5. The summed E-state index contributed by atoms with van der Waals surface area (Å²) in [5.41, 5.74) is 2.37. The number of fused-ring (bicyclic) bond motifs is 1. The molecule has 0 saturated carbocycles. The highest BCUT2D eigenvalue weighted by molar-refractivity contribution is 6.34. The summed E-state index contributed by atoms with van der Waals surface area (Å²) < 4.78 is 13.4. The van der Waals surface area contributed by atoms with Gasteiger partial charge in [-0.15, -0.1) is 0 Å². The summed E-state index contributed by atoms with van der Waals surface area (Å²) in [6, 6.07) is 18.4. The molecule has 4 rings (SSSR count). The number of carboxylic acid groups (broad SMARTS) is 1. The molecule has 0 spiro atoms. The van der Waals surface area contributed by atoms with Gasteiger partial charge in [0.25, 0.3) is 0 Å². The molecule has 0 atom stereocenters. The largest absolute Gasteiger partial charge is 0.478 e. The second-order valence-electron chi connectivity index (χ2n) is 6.23. The molecule has 138 valence electrons. The molecule has 0 bridgehead atoms. The maximum absolute atomic E-state index is 13.4. The van der Waals surface area contributed by atoms with Crippen molar-refractivity contribution in [1.29, 1.82) is 0 Å². The third kappa shape index (κ3) is 3.52. The lowest BCUT2D eigenvalue weighted by atomic mass is 10.0. The van der Waals surface area contributed by atoms with E-state index in [4.69, 9.17) is 11.6 Å². The van der Waals surface area contributed by atoms with Crippen LogP contribution >= 0.6 is 11.6 Å². The van der Waals surface area contributed by atoms with Gasteiger partial charge < -0.3 is 10.4 Å². The predicted octanol–water partition coefficient (Wildman–Crippen LogP) is 6.14. The van der Waals surface area contributed by atoms with Gasteiger partial charge in [0.2, 0.25) is 0 Å². The van der Waals surface area contributed by atoms with E-state index >= 15 is 0 Å². The Kier molecular flexibility index (Phi) is 4.67. The zero-order chi connectivity index (χ0) is 19.7. The van der Waals surface area contributed by atoms with E-state index in [1.54, 1.807) is 42.6 Å². The Morgan fingerprint density at radius 2 is 1.79 bits per heavy atom. The van der Waals surface area contributed by atoms with Crippen LogP contribution in [0.5, 0.6) is 0 Å². The number of nitrogens with one attached hydrogen (secondary N) is 1. The average molecular weight is 393 g/mol. The summed E-state index contributed by atoms with van der Waals surface area (Å²) in [5, 5.41) is 14.6. The number of carbonyl (C=O) groups is 1. The Morgan fingerprint density at radius 1 is 1.00 bits per heavy atom. The topological polar surface area (TPSA) is 62.2 Å². The molecule has 4 aromatic rings. The quantitative estimate of drug-likeness (QED) is 0.438. The van der Waals surface area contributed by atoms with E-state index in [0.717, 1.165) is 10.8 Å². The molecule has 2 N–H and O–H groups in total. The molecule has 1 heterocycles. The SMILES string of the molecule is O=C(O)c1cc(Cl)c(-c2ccccn2)cc1Nc1ccc2cc(F)ccc2c1. The molecule has 3 aromatic carbocycles. The summed E-state index contributed by atoms with van der Waals surface area (Å²) in [4.78, 5) is 16.0. The fourth-order valence-corrected chi connectivity index (χ4v) is 3.28. The normalized spacial score (nSPS) is 10.8. The van der Waals surface area contributed by atoms with E-state index in [1.165, 1.54) is 18.2 Å². The van der Waals surface area contributed by atoms with Gasteiger partial charge in [0.05, 0.1) is 22.0 Å². The van der Waals surface area contributed by atoms with Crippen LogP contribution in [-0.4, -0.2) is 16.1 Å². The van der Waals surface area contributed by atoms with Crippen LogP contribution in [-0.2, 0) is 0 Å². The van der Waals surface area contributed by atoms with Crippen molar-refractivity contribution in [3.63, 3.8) is 0 Å². The van der Waals surface area contributed by atoms with Gasteiger partial charge in [0.15, 0.2) is 0 Å². The van der Waals surface area contributed by atoms with Gasteiger partial charge in [-0.3, -0.25) is 4.98 Å². The minimum absolute atomic E-state index is 0.0453. The zero-order valence-corrected chi connectivity index (χ0v) is 15.2. The Balaban J connectivity index is 1.79. The maximum atomic E-state index is 13.4. The van der Waals surface area contributed by atoms with Gasteiger partial charge >= 0.3 is 5.97 Å². The Bertz CT molecular complexity index is 1200. The molecule has 0 unspecified atom stereocenters. The van der Waals surface area contributed by atoms with Crippen molar-refractivity contribution < 1.29 is 14.3 Å². The number of aromatic nitrogens is 1. The second kappa shape index (κ2) is 7.29. The van der Waals surface area contributed by atoms with Gasteiger partial charge in [-0.2, -0.15) is 0 Å². The number of carboxylic acids is 1. The summed E-state index contributed by atoms with van der Waals surface area (Å²) in [6.45, 7) is 0. The van der Waals surface area contributed by atoms with E-state index < -0.39 is 5.97 Å². The van der Waals surface area contributed by atoms with Crippen molar-refractivity contribution in [2.45, 2.75) is 0 Å². The number of hydrogen-bond acceptors (Lipinski definition) is 3. The van der Waals surface area contributed by atoms with Gasteiger partial charge in [0.1, 0.15) is 5.82 Å². The van der Waals surface area contributed by atoms with Crippen molar-refractivity contribution in [2.24, 2.45) is 0 Å². The summed E-state index contributed by atoms with van der Waals surface area (Å²) in [5.74, 6) is -1.40. The lowest BCUT2D eigenvalue weighted by Crippen LogP contribution is -2.04. The van der Waals surface area contributed by atoms with Gasteiger partial charge in [-0.25, -0.2) is 9.18 Å². The van der Waals surface area contributed by atoms with Crippen LogP contribution in [0, 0.1) is 5.82 Å². The molecule has 28 heavy (non-hydrogen) atoms. The van der Waals surface area contributed by atoms with E-state index in [9.17, 15) is 14.3 Å². The van der Waals surface area contributed by atoms with E-state index in [-0.39, 0.29) is 11.4 Å². The molecule has 0 amide bonds. The Morgan fingerprint density at radius 3 is 2.54 bits per heavy atom. The third-order valence-electron chi connectivity index (χ3n) is 4.36. The molecule has 6 heteroatoms. The number of anilines is 2. The molecule has 1 aromatic heterocycles. The van der Waals surface area contributed by atoms with Crippen LogP contribution in [0.2, 0.25) is 5.02 Å². The fraction of sp³-hybridized carbons (Fsp3) is 0. The van der Waals surface area contributed by atoms with Gasteiger partial charge in [-0.1, -0.05) is 29.8 Å². The van der Waals surface area contributed by atoms with Crippen LogP contribution in [0.4, 0.5) is 15.8 Å². The van der Waals surface area contributed by atoms with Crippen LogP contribution in [0.1, 0.15) is 10.4 Å². The average Bonchev–Trinajstić information content (AvgIpc) is 2.69. The van der Waals surface area contributed by atoms with Crippen LogP contribution in [0.15, 0.2) is 72.9 Å². The monoisotopic (exact) mass is 392 g/mol. The van der Waals surface area contributed by atoms with Crippen LogP contribution < -0.4 is 5.32 Å². The standard InChI is InChI=1S/C22H14ClFN2O2/c23-19-11-18(22(27)28)21(12-17(19)20-3-1-2-8-25-20)26-16-7-5-13-9-15(24)6-4-14(13)10-16/h1-12,26H,(H,27,28). The van der Waals surface area contributed by atoms with Crippen molar-refractivity contribution in [3.05, 3.63) is 89.3 Å². The minimum Gasteiger partial charge on any atom is -0.478 e. The molecule has 0 aliphatic carbocycles. The van der Waals surface area contributed by atoms with Crippen molar-refractivity contribution in [1.82, 2.24) is 4.98 Å². The van der Waals surface area contributed by atoms with Crippen molar-refractivity contribution in [2.75, 3.05) is 5.32 Å². The van der Waals surface area contributed by atoms with Crippen LogP contribution in [0.3, 0.4) is 0 Å². The van der Waals surface area contributed by atoms with E-state index in [2.05, 4.69) is 10.3 Å². The molecule has 0 fully saturated rings. The molecule has 4 nitrogen and oxygen atoms in total. The first-order chi connectivity index (χ1) is 13.5. The van der Waals surface area contributed by atoms with Crippen molar-refractivity contribution in [3.8, 4) is 11.3 Å². The highest BCUT2D eigenvalue weighted by Crippen LogP contribution is 2.34. The minimum atomic E-state index is -1.10. The molecular weight excluding hydrogens is 379 g/mol. The molecule has 0 radical (unpaired) electrons. The smallest absolute Gasteiger partial charge is 0.337 e. The third-order valence-corrected chi connectivity index (χ3v) is 4.67. The van der Waals surface area contributed by atoms with E-state index in [1.807, 2.05) is 12.1 Å². The first-order valence-electron chi connectivity index (χ1n) is 8.46. The maximum Gasteiger partial charge on any atom is 0.337 e. The van der Waals surface area contributed by atoms with E-state index in [0.29, 0.717) is 27.7 Å². The lowest BCUT2D eigenvalue weighted by Gasteiger charge is -2.14. The number of halogens is 2. The molecule has 0 aliphatic heterocycles. The highest BCUT2D eigenvalue weighted by atomic mass is 35.5. The number of benzene rings is 3. The first-order valence-corrected chi connectivity index (χ1v) is 8.83. The fourth-order valence-electron chi connectivity index (χ4n) is 3.02. The molecule has 0 saturated heterocycles. The number of aromatic carboxylic acids is 1. The summed E-state index contributed by atoms with van der Waals surface area (Å²) >= 11 is 6.31. The number of hydrogen-bond donors (Lipinski definition) is 2. The Labute approximate surface area is 165 Å². The first kappa shape index (κ1) is 17.9. The summed E-state index contributed by atoms with van der Waals surface area (Å²) in [7, 11) is 0. The molecule has 0 aliphatic rings. The summed E-state index contributed by atoms with van der Waals surface area (Å²) in [6.07, 6.45) is 1.65. The van der Waals surface area contributed by atoms with Gasteiger partial charge in [-0.05, 0) is 59.3 Å². The predicted molar refractivity (Wildman–Crippen MR) is 109 cm³/mol. The number of pyridine rings is 1. The number of nitrogens with zero attached hydrogens (tertiary/aromatic N) is 1. The lowest BCUT2D eigenvalue weighted by molar-refractivity contribution is 0.0698. The Hall–Kier alpha value is -3.44. The van der Waals surface area contributed by atoms with Crippen LogP contribution in [0.25, 0.3) is 22.0 Å². The number of rotatable bonds is 4. The second-order valence-corrected chi connectivity index (χ2v) is 6.64. The highest BCUT2D eigenvalue weighted by Gasteiger charge is 2.16.